The van der Waals surface area contributed by atoms with Gasteiger partial charge in [-0.1, -0.05) is 34.8 Å². The van der Waals surface area contributed by atoms with E-state index in [-0.39, 0.29) is 28.1 Å². The third-order valence-electron chi connectivity index (χ3n) is 2.26. The number of benzene rings is 1. The third-order valence-corrected chi connectivity index (χ3v) is 3.30. The second-order valence-corrected chi connectivity index (χ2v) is 4.96. The van der Waals surface area contributed by atoms with Crippen molar-refractivity contribution < 1.29 is 15.0 Å². The van der Waals surface area contributed by atoms with E-state index < -0.39 is 12.2 Å². The average Bonchev–Trinajstić information content (AvgIpc) is 2.29. The molecule has 1 aromatic carbocycles. The number of hydrogen-bond donors (Lipinski definition) is 3. The van der Waals surface area contributed by atoms with Gasteiger partial charge in [-0.3, -0.25) is 4.79 Å². The van der Waals surface area contributed by atoms with E-state index in [1.165, 1.54) is 19.1 Å². The van der Waals surface area contributed by atoms with Crippen molar-refractivity contribution in [3.63, 3.8) is 0 Å². The molecule has 0 aliphatic rings. The molecular weight excluding hydrogens is 300 g/mol. The smallest absolute Gasteiger partial charge is 0.216 e. The number of amides is 1. The van der Waals surface area contributed by atoms with Crippen LogP contribution in [0.5, 0.6) is 0 Å². The minimum Gasteiger partial charge on any atom is -0.388 e. The quantitative estimate of drug-likeness (QED) is 0.746. The van der Waals surface area contributed by atoms with Crippen LogP contribution in [0.3, 0.4) is 0 Å². The SMILES string of the molecule is CC(=O)NCC(O)C(O)c1cc(Cl)cc(Cl)c1Cl. The van der Waals surface area contributed by atoms with Gasteiger partial charge < -0.3 is 15.5 Å². The van der Waals surface area contributed by atoms with Crippen molar-refractivity contribution in [3.8, 4) is 0 Å². The van der Waals surface area contributed by atoms with E-state index in [1.807, 2.05) is 0 Å². The predicted molar refractivity (Wildman–Crippen MR) is 71.1 cm³/mol. The molecule has 1 rings (SSSR count). The lowest BCUT2D eigenvalue weighted by molar-refractivity contribution is -0.119. The highest BCUT2D eigenvalue weighted by Gasteiger charge is 2.22. The van der Waals surface area contributed by atoms with E-state index in [1.54, 1.807) is 0 Å². The number of hydrogen-bond acceptors (Lipinski definition) is 3. The summed E-state index contributed by atoms with van der Waals surface area (Å²) in [6, 6.07) is 2.85. The Hall–Kier alpha value is -0.520. The van der Waals surface area contributed by atoms with E-state index in [0.717, 1.165) is 0 Å². The van der Waals surface area contributed by atoms with E-state index in [0.29, 0.717) is 5.02 Å². The van der Waals surface area contributed by atoms with Crippen molar-refractivity contribution in [2.75, 3.05) is 6.54 Å². The number of aliphatic hydroxyl groups is 2. The Labute approximate surface area is 119 Å². The summed E-state index contributed by atoms with van der Waals surface area (Å²) in [5.74, 6) is -0.309. The lowest BCUT2D eigenvalue weighted by atomic mass is 10.0. The van der Waals surface area contributed by atoms with Crippen LogP contribution in [0.1, 0.15) is 18.6 Å². The first-order chi connectivity index (χ1) is 8.32. The van der Waals surface area contributed by atoms with Crippen molar-refractivity contribution >= 4 is 40.7 Å². The second kappa shape index (κ2) is 6.59. The van der Waals surface area contributed by atoms with Gasteiger partial charge in [-0.2, -0.15) is 0 Å². The normalized spacial score (nSPS) is 14.1. The molecule has 0 aliphatic carbocycles. The molecule has 0 radical (unpaired) electrons. The molecule has 0 spiro atoms. The van der Waals surface area contributed by atoms with E-state index >= 15 is 0 Å². The summed E-state index contributed by atoms with van der Waals surface area (Å²) in [6.45, 7) is 1.21. The summed E-state index contributed by atoms with van der Waals surface area (Å²) in [5, 5.41) is 22.6. The molecule has 0 saturated heterocycles. The lowest BCUT2D eigenvalue weighted by Crippen LogP contribution is -2.34. The van der Waals surface area contributed by atoms with E-state index in [4.69, 9.17) is 34.8 Å². The predicted octanol–water partition coefficient (Wildman–Crippen LogP) is 2.18. The largest absolute Gasteiger partial charge is 0.388 e. The zero-order chi connectivity index (χ0) is 13.9. The Morgan fingerprint density at radius 2 is 1.94 bits per heavy atom. The fraction of sp³-hybridized carbons (Fsp3) is 0.364. The van der Waals surface area contributed by atoms with Gasteiger partial charge in [0.15, 0.2) is 0 Å². The van der Waals surface area contributed by atoms with Gasteiger partial charge in [-0.05, 0) is 12.1 Å². The van der Waals surface area contributed by atoms with Crippen LogP contribution in [0.4, 0.5) is 0 Å². The Morgan fingerprint density at radius 3 is 2.50 bits per heavy atom. The Morgan fingerprint density at radius 1 is 1.33 bits per heavy atom. The summed E-state index contributed by atoms with van der Waals surface area (Å²) in [7, 11) is 0. The summed E-state index contributed by atoms with van der Waals surface area (Å²) in [4.78, 5) is 10.7. The molecule has 3 N–H and O–H groups in total. The van der Waals surface area contributed by atoms with Gasteiger partial charge in [0.25, 0.3) is 0 Å². The molecule has 0 bridgehead atoms. The van der Waals surface area contributed by atoms with Gasteiger partial charge in [0.1, 0.15) is 12.2 Å². The highest BCUT2D eigenvalue weighted by atomic mass is 35.5. The monoisotopic (exact) mass is 311 g/mol. The summed E-state index contributed by atoms with van der Waals surface area (Å²) in [6.07, 6.45) is -2.50. The van der Waals surface area contributed by atoms with Gasteiger partial charge in [0.2, 0.25) is 5.91 Å². The van der Waals surface area contributed by atoms with Crippen LogP contribution in [0.2, 0.25) is 15.1 Å². The van der Waals surface area contributed by atoms with Crippen LogP contribution in [0.15, 0.2) is 12.1 Å². The van der Waals surface area contributed by atoms with Crippen molar-refractivity contribution in [2.45, 2.75) is 19.1 Å². The highest BCUT2D eigenvalue weighted by Crippen LogP contribution is 2.34. The molecule has 0 aromatic heterocycles. The summed E-state index contributed by atoms with van der Waals surface area (Å²) < 4.78 is 0. The average molecular weight is 313 g/mol. The van der Waals surface area contributed by atoms with Crippen molar-refractivity contribution in [3.05, 3.63) is 32.8 Å². The first-order valence-electron chi connectivity index (χ1n) is 5.08. The standard InChI is InChI=1S/C11H12Cl3NO3/c1-5(16)15-4-9(17)11(18)7-2-6(12)3-8(13)10(7)14/h2-3,9,11,17-18H,4H2,1H3,(H,15,16). The molecule has 1 aromatic rings. The fourth-order valence-electron chi connectivity index (χ4n) is 1.36. The maximum Gasteiger partial charge on any atom is 0.216 e. The molecule has 2 unspecified atom stereocenters. The number of halogens is 3. The second-order valence-electron chi connectivity index (χ2n) is 3.74. The number of nitrogens with one attached hydrogen (secondary N) is 1. The molecule has 0 saturated carbocycles. The van der Waals surface area contributed by atoms with Crippen LogP contribution in [0.25, 0.3) is 0 Å². The Balaban J connectivity index is 2.89. The zero-order valence-electron chi connectivity index (χ0n) is 9.45. The molecule has 4 nitrogen and oxygen atoms in total. The van der Waals surface area contributed by atoms with Crippen LogP contribution >= 0.6 is 34.8 Å². The van der Waals surface area contributed by atoms with E-state index in [9.17, 15) is 15.0 Å². The van der Waals surface area contributed by atoms with Crippen molar-refractivity contribution in [2.24, 2.45) is 0 Å². The van der Waals surface area contributed by atoms with Crippen LogP contribution in [0, 0.1) is 0 Å². The van der Waals surface area contributed by atoms with Crippen LogP contribution < -0.4 is 5.32 Å². The zero-order valence-corrected chi connectivity index (χ0v) is 11.7. The maximum absolute atomic E-state index is 10.7. The Bertz CT molecular complexity index is 453. The number of carbonyl (C=O) groups excluding carboxylic acids is 1. The molecule has 7 heteroatoms. The van der Waals surface area contributed by atoms with Gasteiger partial charge in [-0.25, -0.2) is 0 Å². The number of rotatable bonds is 4. The minimum absolute atomic E-state index is 0.100. The molecule has 18 heavy (non-hydrogen) atoms. The Kier molecular flexibility index (Phi) is 5.69. The summed E-state index contributed by atoms with van der Waals surface area (Å²) in [5.41, 5.74) is 0.215. The third kappa shape index (κ3) is 4.00. The molecular formula is C11H12Cl3NO3. The molecule has 0 aliphatic heterocycles. The minimum atomic E-state index is -1.29. The molecule has 100 valence electrons. The maximum atomic E-state index is 10.7. The first-order valence-corrected chi connectivity index (χ1v) is 6.21. The molecule has 1 amide bonds. The molecule has 2 atom stereocenters. The van der Waals surface area contributed by atoms with Gasteiger partial charge in [0.05, 0.1) is 10.0 Å². The van der Waals surface area contributed by atoms with Crippen molar-refractivity contribution in [1.82, 2.24) is 5.32 Å². The lowest BCUT2D eigenvalue weighted by Gasteiger charge is -2.20. The molecule has 0 fully saturated rings. The first kappa shape index (κ1) is 15.5. The van der Waals surface area contributed by atoms with Crippen molar-refractivity contribution in [1.29, 1.82) is 0 Å². The molecule has 0 heterocycles. The number of aliphatic hydroxyl groups excluding tert-OH is 2. The number of carbonyl (C=O) groups is 1. The highest BCUT2D eigenvalue weighted by molar-refractivity contribution is 6.43. The summed E-state index contributed by atoms with van der Waals surface area (Å²) >= 11 is 17.5. The van der Waals surface area contributed by atoms with Crippen LogP contribution in [-0.4, -0.2) is 28.8 Å². The topological polar surface area (TPSA) is 69.6 Å². The fourth-order valence-corrected chi connectivity index (χ4v) is 2.09. The van der Waals surface area contributed by atoms with E-state index in [2.05, 4.69) is 5.32 Å². The van der Waals surface area contributed by atoms with Gasteiger partial charge in [0, 0.05) is 24.1 Å². The van der Waals surface area contributed by atoms with Gasteiger partial charge in [-0.15, -0.1) is 0 Å². The van der Waals surface area contributed by atoms with Crippen LogP contribution in [-0.2, 0) is 4.79 Å². The van der Waals surface area contributed by atoms with Gasteiger partial charge >= 0.3 is 0 Å².